The third kappa shape index (κ3) is 6.57. The van der Waals surface area contributed by atoms with Crippen molar-refractivity contribution in [1.29, 1.82) is 0 Å². The maximum atomic E-state index is 12.8. The van der Waals surface area contributed by atoms with E-state index in [2.05, 4.69) is 34.5 Å². The van der Waals surface area contributed by atoms with Crippen molar-refractivity contribution in [2.45, 2.75) is 51.7 Å². The lowest BCUT2D eigenvalue weighted by atomic mass is 10.1. The molecule has 2 fully saturated rings. The molecule has 2 aliphatic heterocycles. The van der Waals surface area contributed by atoms with Crippen molar-refractivity contribution in [1.82, 2.24) is 15.1 Å². The van der Waals surface area contributed by atoms with Gasteiger partial charge in [-0.15, -0.1) is 0 Å². The molecule has 2 aromatic rings. The number of methoxy groups -OCH3 is 1. The standard InChI is InChI=1S/C27H35N3O3/c1-33-25-11-9-21(10-12-25)19-30-20-24(16-26(30)31)27(32)28-17-22-7-6-8-23(15-22)18-29-13-4-2-3-5-14-29/h6-12,15,24H,2-5,13-14,16-20H2,1H3,(H,28,32). The van der Waals surface area contributed by atoms with Crippen molar-refractivity contribution in [3.8, 4) is 5.75 Å². The van der Waals surface area contributed by atoms with Crippen LogP contribution in [0.1, 0.15) is 48.8 Å². The quantitative estimate of drug-likeness (QED) is 0.667. The van der Waals surface area contributed by atoms with Crippen LogP contribution in [0.2, 0.25) is 0 Å². The van der Waals surface area contributed by atoms with Crippen molar-refractivity contribution < 1.29 is 14.3 Å². The summed E-state index contributed by atoms with van der Waals surface area (Å²) < 4.78 is 5.19. The maximum absolute atomic E-state index is 12.8. The Bertz CT molecular complexity index is 936. The second kappa shape index (κ2) is 11.3. The van der Waals surface area contributed by atoms with Gasteiger partial charge < -0.3 is 15.0 Å². The van der Waals surface area contributed by atoms with Gasteiger partial charge in [0.15, 0.2) is 0 Å². The first-order valence-electron chi connectivity index (χ1n) is 12.1. The summed E-state index contributed by atoms with van der Waals surface area (Å²) in [7, 11) is 1.63. The number of carbonyl (C=O) groups is 2. The molecule has 2 aliphatic rings. The first-order valence-corrected chi connectivity index (χ1v) is 12.1. The molecule has 2 aromatic carbocycles. The van der Waals surface area contributed by atoms with Gasteiger partial charge in [-0.3, -0.25) is 14.5 Å². The van der Waals surface area contributed by atoms with Crippen molar-refractivity contribution >= 4 is 11.8 Å². The van der Waals surface area contributed by atoms with E-state index in [1.54, 1.807) is 12.0 Å². The van der Waals surface area contributed by atoms with Gasteiger partial charge in [-0.25, -0.2) is 0 Å². The Morgan fingerprint density at radius 3 is 2.42 bits per heavy atom. The minimum atomic E-state index is -0.295. The fourth-order valence-corrected chi connectivity index (χ4v) is 4.78. The Kier molecular flexibility index (Phi) is 8.00. The van der Waals surface area contributed by atoms with E-state index in [0.717, 1.165) is 23.4 Å². The lowest BCUT2D eigenvalue weighted by molar-refractivity contribution is -0.129. The molecule has 0 aliphatic carbocycles. The van der Waals surface area contributed by atoms with Gasteiger partial charge in [-0.2, -0.15) is 0 Å². The Morgan fingerprint density at radius 2 is 1.70 bits per heavy atom. The first-order chi connectivity index (χ1) is 16.1. The number of likely N-dealkylation sites (tertiary alicyclic amines) is 2. The highest BCUT2D eigenvalue weighted by atomic mass is 16.5. The van der Waals surface area contributed by atoms with Crippen LogP contribution in [0.4, 0.5) is 0 Å². The van der Waals surface area contributed by atoms with Gasteiger partial charge in [-0.1, -0.05) is 49.2 Å². The summed E-state index contributed by atoms with van der Waals surface area (Å²) in [5, 5.41) is 3.05. The summed E-state index contributed by atoms with van der Waals surface area (Å²) in [6, 6.07) is 16.2. The van der Waals surface area contributed by atoms with E-state index in [1.807, 2.05) is 24.3 Å². The van der Waals surface area contributed by atoms with Gasteiger partial charge in [0.25, 0.3) is 0 Å². The van der Waals surface area contributed by atoms with Gasteiger partial charge >= 0.3 is 0 Å². The van der Waals surface area contributed by atoms with Gasteiger partial charge in [0.05, 0.1) is 13.0 Å². The molecule has 176 valence electrons. The third-order valence-corrected chi connectivity index (χ3v) is 6.68. The van der Waals surface area contributed by atoms with Crippen LogP contribution in [-0.2, 0) is 29.2 Å². The van der Waals surface area contributed by atoms with Crippen molar-refractivity contribution in [3.05, 3.63) is 65.2 Å². The van der Waals surface area contributed by atoms with Gasteiger partial charge in [0, 0.05) is 32.6 Å². The van der Waals surface area contributed by atoms with E-state index in [1.165, 1.54) is 44.3 Å². The van der Waals surface area contributed by atoms with Gasteiger partial charge in [0.2, 0.25) is 11.8 Å². The van der Waals surface area contributed by atoms with E-state index in [0.29, 0.717) is 19.6 Å². The molecule has 6 heteroatoms. The highest BCUT2D eigenvalue weighted by Gasteiger charge is 2.34. The largest absolute Gasteiger partial charge is 0.497 e. The van der Waals surface area contributed by atoms with Gasteiger partial charge in [-0.05, 0) is 54.8 Å². The molecule has 2 heterocycles. The number of benzene rings is 2. The number of nitrogens with one attached hydrogen (secondary N) is 1. The Labute approximate surface area is 196 Å². The van der Waals surface area contributed by atoms with Crippen LogP contribution < -0.4 is 10.1 Å². The van der Waals surface area contributed by atoms with Crippen LogP contribution in [-0.4, -0.2) is 48.4 Å². The average molecular weight is 450 g/mol. The predicted octanol–water partition coefficient (Wildman–Crippen LogP) is 3.74. The SMILES string of the molecule is COc1ccc(CN2CC(C(=O)NCc3cccc(CN4CCCCCC4)c3)CC2=O)cc1. The summed E-state index contributed by atoms with van der Waals surface area (Å²) in [4.78, 5) is 29.5. The highest BCUT2D eigenvalue weighted by Crippen LogP contribution is 2.22. The van der Waals surface area contributed by atoms with Crippen molar-refractivity contribution in [2.75, 3.05) is 26.7 Å². The van der Waals surface area contributed by atoms with Crippen LogP contribution in [0.15, 0.2) is 48.5 Å². The minimum absolute atomic E-state index is 0.0328. The fraction of sp³-hybridized carbons (Fsp3) is 0.481. The Balaban J connectivity index is 1.26. The monoisotopic (exact) mass is 449 g/mol. The number of nitrogens with zero attached hydrogens (tertiary/aromatic N) is 2. The molecule has 0 saturated carbocycles. The molecule has 33 heavy (non-hydrogen) atoms. The molecule has 1 N–H and O–H groups in total. The van der Waals surface area contributed by atoms with E-state index in [4.69, 9.17) is 4.74 Å². The number of rotatable bonds is 8. The molecule has 2 saturated heterocycles. The topological polar surface area (TPSA) is 61.9 Å². The molecular weight excluding hydrogens is 414 g/mol. The van der Waals surface area contributed by atoms with Crippen LogP contribution >= 0.6 is 0 Å². The van der Waals surface area contributed by atoms with Crippen molar-refractivity contribution in [2.24, 2.45) is 5.92 Å². The number of carbonyl (C=O) groups excluding carboxylic acids is 2. The lowest BCUT2D eigenvalue weighted by Crippen LogP contribution is -2.32. The molecule has 0 bridgehead atoms. The predicted molar refractivity (Wildman–Crippen MR) is 129 cm³/mol. The van der Waals surface area contributed by atoms with Crippen LogP contribution in [0.5, 0.6) is 5.75 Å². The van der Waals surface area contributed by atoms with Gasteiger partial charge in [0.1, 0.15) is 5.75 Å². The smallest absolute Gasteiger partial charge is 0.225 e. The molecule has 2 amide bonds. The second-order valence-corrected chi connectivity index (χ2v) is 9.25. The molecular formula is C27H35N3O3. The number of hydrogen-bond acceptors (Lipinski definition) is 4. The van der Waals surface area contributed by atoms with Crippen LogP contribution in [0, 0.1) is 5.92 Å². The van der Waals surface area contributed by atoms with E-state index in [-0.39, 0.29) is 24.2 Å². The normalized spacial score (nSPS) is 19.4. The first kappa shape index (κ1) is 23.3. The third-order valence-electron chi connectivity index (χ3n) is 6.68. The summed E-state index contributed by atoms with van der Waals surface area (Å²) in [5.41, 5.74) is 3.44. The molecule has 4 rings (SSSR count). The van der Waals surface area contributed by atoms with Crippen LogP contribution in [0.3, 0.4) is 0 Å². The zero-order valence-electron chi connectivity index (χ0n) is 19.6. The zero-order valence-corrected chi connectivity index (χ0v) is 19.6. The summed E-state index contributed by atoms with van der Waals surface area (Å²) in [6.07, 6.45) is 5.52. The highest BCUT2D eigenvalue weighted by molar-refractivity contribution is 5.89. The van der Waals surface area contributed by atoms with Crippen LogP contribution in [0.25, 0.3) is 0 Å². The maximum Gasteiger partial charge on any atom is 0.225 e. The molecule has 0 radical (unpaired) electrons. The van der Waals surface area contributed by atoms with E-state index >= 15 is 0 Å². The fourth-order valence-electron chi connectivity index (χ4n) is 4.78. The second-order valence-electron chi connectivity index (χ2n) is 9.25. The lowest BCUT2D eigenvalue weighted by Gasteiger charge is -2.20. The Morgan fingerprint density at radius 1 is 0.970 bits per heavy atom. The average Bonchev–Trinajstić information content (AvgIpc) is 3.02. The zero-order chi connectivity index (χ0) is 23.0. The number of hydrogen-bond donors (Lipinski definition) is 1. The minimum Gasteiger partial charge on any atom is -0.497 e. The molecule has 1 unspecified atom stereocenters. The number of ether oxygens (including phenoxy) is 1. The number of amides is 2. The summed E-state index contributed by atoms with van der Waals surface area (Å²) >= 11 is 0. The summed E-state index contributed by atoms with van der Waals surface area (Å²) in [5.74, 6) is 0.485. The molecule has 6 nitrogen and oxygen atoms in total. The molecule has 0 aromatic heterocycles. The van der Waals surface area contributed by atoms with Crippen molar-refractivity contribution in [3.63, 3.8) is 0 Å². The summed E-state index contributed by atoms with van der Waals surface area (Å²) in [6.45, 7) is 4.79. The molecule has 0 spiro atoms. The van der Waals surface area contributed by atoms with E-state index < -0.39 is 0 Å². The van der Waals surface area contributed by atoms with E-state index in [9.17, 15) is 9.59 Å². The Hall–Kier alpha value is -2.86. The molecule has 1 atom stereocenters.